The van der Waals surface area contributed by atoms with Crippen molar-refractivity contribution in [3.05, 3.63) is 88.1 Å². The molecule has 0 atom stereocenters. The van der Waals surface area contributed by atoms with Crippen LogP contribution in [-0.2, 0) is 17.9 Å². The Morgan fingerprint density at radius 2 is 2.06 bits per heavy atom. The highest BCUT2D eigenvalue weighted by molar-refractivity contribution is 7.09. The number of amides is 1. The van der Waals surface area contributed by atoms with Crippen LogP contribution in [0.5, 0.6) is 5.75 Å². The van der Waals surface area contributed by atoms with Crippen molar-refractivity contribution in [3.63, 3.8) is 0 Å². The number of rotatable bonds is 9. The monoisotopic (exact) mass is 467 g/mol. The molecule has 164 valence electrons. The zero-order valence-corrected chi connectivity index (χ0v) is 19.0. The third kappa shape index (κ3) is 5.53. The van der Waals surface area contributed by atoms with Crippen molar-refractivity contribution in [1.82, 2.24) is 19.7 Å². The first-order valence-electron chi connectivity index (χ1n) is 9.93. The number of carbonyl (C=O) groups is 1. The maximum atomic E-state index is 13.1. The molecule has 0 aliphatic carbocycles. The molecular weight excluding hydrogens is 446 g/mol. The molecule has 1 amide bonds. The normalized spacial score (nSPS) is 11.0. The van der Waals surface area contributed by atoms with Gasteiger partial charge in [0, 0.05) is 28.6 Å². The molecule has 0 radical (unpaired) electrons. The minimum absolute atomic E-state index is 0.153. The average molecular weight is 468 g/mol. The highest BCUT2D eigenvalue weighted by Crippen LogP contribution is 2.25. The number of aromatic nitrogens is 3. The largest absolute Gasteiger partial charge is 0.496 e. The molecule has 7 nitrogen and oxygen atoms in total. The first kappa shape index (κ1) is 22.0. The van der Waals surface area contributed by atoms with Gasteiger partial charge in [-0.05, 0) is 35.7 Å². The van der Waals surface area contributed by atoms with Crippen LogP contribution in [0.15, 0.2) is 72.6 Å². The van der Waals surface area contributed by atoms with Crippen LogP contribution < -0.4 is 10.1 Å². The minimum Gasteiger partial charge on any atom is -0.496 e. The van der Waals surface area contributed by atoms with E-state index in [1.165, 1.54) is 11.2 Å². The van der Waals surface area contributed by atoms with Crippen molar-refractivity contribution in [2.75, 3.05) is 19.0 Å². The van der Waals surface area contributed by atoms with Gasteiger partial charge in [-0.25, -0.2) is 9.67 Å². The van der Waals surface area contributed by atoms with Crippen molar-refractivity contribution in [1.29, 1.82) is 0 Å². The number of ether oxygens (including phenoxy) is 1. The van der Waals surface area contributed by atoms with Gasteiger partial charge in [-0.1, -0.05) is 35.9 Å². The van der Waals surface area contributed by atoms with Gasteiger partial charge in [-0.15, -0.1) is 11.3 Å². The number of hydrogen-bond acceptors (Lipinski definition) is 6. The van der Waals surface area contributed by atoms with Gasteiger partial charge < -0.3 is 10.1 Å². The van der Waals surface area contributed by atoms with Crippen LogP contribution in [0.3, 0.4) is 0 Å². The number of nitrogens with one attached hydrogen (secondary N) is 1. The minimum atomic E-state index is -0.153. The van der Waals surface area contributed by atoms with Crippen molar-refractivity contribution < 1.29 is 9.53 Å². The fraction of sp³-hybridized carbons (Fsp3) is 0.174. The van der Waals surface area contributed by atoms with Gasteiger partial charge in [-0.3, -0.25) is 9.69 Å². The second kappa shape index (κ2) is 10.4. The number of carbonyl (C=O) groups excluding carboxylic acids is 1. The van der Waals surface area contributed by atoms with Gasteiger partial charge >= 0.3 is 0 Å². The predicted molar refractivity (Wildman–Crippen MR) is 126 cm³/mol. The highest BCUT2D eigenvalue weighted by Gasteiger charge is 2.17. The van der Waals surface area contributed by atoms with Crippen LogP contribution in [-0.4, -0.2) is 39.2 Å². The molecule has 2 aromatic carbocycles. The van der Waals surface area contributed by atoms with E-state index in [4.69, 9.17) is 16.3 Å². The topological polar surface area (TPSA) is 72.3 Å². The lowest BCUT2D eigenvalue weighted by Crippen LogP contribution is -2.32. The summed E-state index contributed by atoms with van der Waals surface area (Å²) in [4.78, 5) is 20.3. The summed E-state index contributed by atoms with van der Waals surface area (Å²) in [6, 6.07) is 17.2. The Bertz CT molecular complexity index is 1170. The maximum Gasteiger partial charge on any atom is 0.238 e. The smallest absolute Gasteiger partial charge is 0.238 e. The number of anilines is 1. The van der Waals surface area contributed by atoms with E-state index >= 15 is 0 Å². The lowest BCUT2D eigenvalue weighted by Gasteiger charge is -2.23. The van der Waals surface area contributed by atoms with Crippen molar-refractivity contribution >= 4 is 34.5 Å². The van der Waals surface area contributed by atoms with E-state index in [1.807, 2.05) is 35.7 Å². The van der Waals surface area contributed by atoms with Gasteiger partial charge in [0.25, 0.3) is 0 Å². The van der Waals surface area contributed by atoms with Crippen molar-refractivity contribution in [3.8, 4) is 11.4 Å². The van der Waals surface area contributed by atoms with Gasteiger partial charge in [0.05, 0.1) is 25.0 Å². The lowest BCUT2D eigenvalue weighted by atomic mass is 10.2. The van der Waals surface area contributed by atoms with E-state index in [-0.39, 0.29) is 12.5 Å². The number of thiophene rings is 1. The Morgan fingerprint density at radius 3 is 2.81 bits per heavy atom. The fourth-order valence-electron chi connectivity index (χ4n) is 3.40. The summed E-state index contributed by atoms with van der Waals surface area (Å²) in [6.07, 6.45) is 3.01. The van der Waals surface area contributed by atoms with Gasteiger partial charge in [0.1, 0.15) is 18.4 Å². The molecule has 0 aliphatic rings. The summed E-state index contributed by atoms with van der Waals surface area (Å²) in [5.74, 6) is 0.646. The SMILES string of the molecule is COc1ccccc1CN(CC(=O)Nc1cc(Cl)ccc1-n1cncn1)Cc1cccs1. The Kier molecular flexibility index (Phi) is 7.16. The molecule has 0 spiro atoms. The van der Waals surface area contributed by atoms with Gasteiger partial charge in [0.2, 0.25) is 5.91 Å². The van der Waals surface area contributed by atoms with Gasteiger partial charge in [-0.2, -0.15) is 5.10 Å². The molecule has 9 heteroatoms. The zero-order valence-electron chi connectivity index (χ0n) is 17.4. The number of nitrogens with zero attached hydrogens (tertiary/aromatic N) is 4. The van der Waals surface area contributed by atoms with E-state index < -0.39 is 0 Å². The third-order valence-corrected chi connectivity index (χ3v) is 5.91. The Hall–Kier alpha value is -3.20. The predicted octanol–water partition coefficient (Wildman–Crippen LogP) is 4.63. The van der Waals surface area contributed by atoms with Gasteiger partial charge in [0.15, 0.2) is 0 Å². The quantitative estimate of drug-likeness (QED) is 0.388. The Morgan fingerprint density at radius 1 is 1.19 bits per heavy atom. The van der Waals surface area contributed by atoms with Crippen LogP contribution in [0.2, 0.25) is 5.02 Å². The van der Waals surface area contributed by atoms with Crippen LogP contribution in [0.25, 0.3) is 5.69 Å². The molecule has 0 saturated carbocycles. The molecule has 2 aromatic heterocycles. The molecule has 1 N–H and O–H groups in total. The molecule has 2 heterocycles. The highest BCUT2D eigenvalue weighted by atomic mass is 35.5. The molecule has 4 aromatic rings. The second-order valence-electron chi connectivity index (χ2n) is 7.09. The molecule has 4 rings (SSSR count). The molecule has 0 aliphatic heterocycles. The summed E-state index contributed by atoms with van der Waals surface area (Å²) < 4.78 is 7.08. The average Bonchev–Trinajstić information content (AvgIpc) is 3.48. The summed E-state index contributed by atoms with van der Waals surface area (Å²) in [5, 5.41) is 9.70. The fourth-order valence-corrected chi connectivity index (χ4v) is 4.32. The summed E-state index contributed by atoms with van der Waals surface area (Å²) in [5.41, 5.74) is 2.28. The van der Waals surface area contributed by atoms with E-state index in [2.05, 4.69) is 26.4 Å². The Balaban J connectivity index is 1.53. The standard InChI is InChI=1S/C23H22ClN5O2S/c1-31-22-7-3-2-5-17(22)12-28(13-19-6-4-10-32-19)14-23(30)27-20-11-18(24)8-9-21(20)29-16-25-15-26-29/h2-11,15-16H,12-14H2,1H3,(H,27,30). The van der Waals surface area contributed by atoms with E-state index in [0.29, 0.717) is 29.5 Å². The van der Waals surface area contributed by atoms with E-state index in [9.17, 15) is 4.79 Å². The summed E-state index contributed by atoms with van der Waals surface area (Å²) in [7, 11) is 1.65. The third-order valence-electron chi connectivity index (χ3n) is 4.81. The van der Waals surface area contributed by atoms with Crippen LogP contribution in [0, 0.1) is 0 Å². The van der Waals surface area contributed by atoms with E-state index in [1.54, 1.807) is 47.7 Å². The number of halogens is 1. The first-order chi connectivity index (χ1) is 15.6. The lowest BCUT2D eigenvalue weighted by molar-refractivity contribution is -0.117. The van der Waals surface area contributed by atoms with Crippen LogP contribution in [0.4, 0.5) is 5.69 Å². The molecule has 0 fully saturated rings. The molecule has 0 bridgehead atoms. The summed E-state index contributed by atoms with van der Waals surface area (Å²) >= 11 is 7.85. The first-order valence-corrected chi connectivity index (χ1v) is 11.2. The number of para-hydroxylation sites is 1. The van der Waals surface area contributed by atoms with E-state index in [0.717, 1.165) is 11.3 Å². The number of methoxy groups -OCH3 is 1. The van der Waals surface area contributed by atoms with Crippen molar-refractivity contribution in [2.45, 2.75) is 13.1 Å². The van der Waals surface area contributed by atoms with Crippen LogP contribution >= 0.6 is 22.9 Å². The second-order valence-corrected chi connectivity index (χ2v) is 8.55. The van der Waals surface area contributed by atoms with Crippen molar-refractivity contribution in [2.24, 2.45) is 0 Å². The summed E-state index contributed by atoms with van der Waals surface area (Å²) in [6.45, 7) is 1.41. The van der Waals surface area contributed by atoms with Crippen LogP contribution in [0.1, 0.15) is 10.4 Å². The maximum absolute atomic E-state index is 13.1. The number of benzene rings is 2. The Labute approximate surface area is 195 Å². The zero-order chi connectivity index (χ0) is 22.3. The molecule has 0 unspecified atom stereocenters. The molecular formula is C23H22ClN5O2S. The molecule has 32 heavy (non-hydrogen) atoms. The molecule has 0 saturated heterocycles. The number of hydrogen-bond donors (Lipinski definition) is 1.